The number of nitrogens with one attached hydrogen (secondary N) is 4. The lowest BCUT2D eigenvalue weighted by atomic mass is 9.98. The molecule has 0 unspecified atom stereocenters. The zero-order valence-corrected chi connectivity index (χ0v) is 22.2. The number of aliphatic imine (C=N–C) groups is 2. The minimum Gasteiger partial charge on any atom is -0.507 e. The number of fused-ring (bicyclic) bond motifs is 7. The number of phenols is 3. The highest BCUT2D eigenvalue weighted by Gasteiger charge is 2.13. The molecular formula is C30H38N6O3. The quantitative estimate of drug-likeness (QED) is 0.237. The molecule has 9 heteroatoms. The molecular weight excluding hydrogens is 492 g/mol. The largest absolute Gasteiger partial charge is 0.507 e. The van der Waals surface area contributed by atoms with Gasteiger partial charge < -0.3 is 36.6 Å². The van der Waals surface area contributed by atoms with Gasteiger partial charge in [0.05, 0.1) is 13.1 Å². The summed E-state index contributed by atoms with van der Waals surface area (Å²) in [7, 11) is 0. The van der Waals surface area contributed by atoms with Crippen LogP contribution in [0.5, 0.6) is 17.2 Å². The van der Waals surface area contributed by atoms with E-state index in [-0.39, 0.29) is 11.5 Å². The van der Waals surface area contributed by atoms with Crippen LogP contribution in [0.1, 0.15) is 22.3 Å². The minimum atomic E-state index is 0.0743. The van der Waals surface area contributed by atoms with Crippen molar-refractivity contribution in [1.82, 2.24) is 21.3 Å². The normalized spacial score (nSPS) is 16.4. The van der Waals surface area contributed by atoms with E-state index in [1.54, 1.807) is 36.7 Å². The molecule has 39 heavy (non-hydrogen) atoms. The van der Waals surface area contributed by atoms with E-state index in [1.165, 1.54) is 0 Å². The molecule has 0 aliphatic carbocycles. The van der Waals surface area contributed by atoms with E-state index in [0.717, 1.165) is 37.3 Å². The van der Waals surface area contributed by atoms with Gasteiger partial charge in [0.25, 0.3) is 0 Å². The second kappa shape index (κ2) is 15.0. The van der Waals surface area contributed by atoms with Crippen molar-refractivity contribution in [1.29, 1.82) is 0 Å². The molecule has 1 heterocycles. The molecule has 4 rings (SSSR count). The molecule has 1 aliphatic rings. The summed E-state index contributed by atoms with van der Waals surface area (Å²) in [6, 6.07) is 16.7. The van der Waals surface area contributed by atoms with Crippen molar-refractivity contribution in [2.75, 3.05) is 52.4 Å². The number of rotatable bonds is 0. The van der Waals surface area contributed by atoms with Crippen LogP contribution in [0.2, 0.25) is 0 Å². The maximum Gasteiger partial charge on any atom is 0.132 e. The molecule has 1 aliphatic heterocycles. The molecule has 0 radical (unpaired) electrons. The summed E-state index contributed by atoms with van der Waals surface area (Å²) < 4.78 is 0. The second-order valence-electron chi connectivity index (χ2n) is 9.34. The number of nitrogens with zero attached hydrogens (tertiary/aromatic N) is 2. The Balaban J connectivity index is 1.45. The van der Waals surface area contributed by atoms with Crippen LogP contribution >= 0.6 is 0 Å². The van der Waals surface area contributed by atoms with Crippen LogP contribution in [-0.4, -0.2) is 80.1 Å². The number of para-hydroxylation sites is 3. The van der Waals surface area contributed by atoms with Crippen molar-refractivity contribution in [2.45, 2.75) is 13.1 Å². The van der Waals surface area contributed by atoms with E-state index in [4.69, 9.17) is 0 Å². The molecule has 3 aromatic rings. The Morgan fingerprint density at radius 2 is 0.923 bits per heavy atom. The Labute approximate surface area is 229 Å². The predicted molar refractivity (Wildman–Crippen MR) is 157 cm³/mol. The predicted octanol–water partition coefficient (Wildman–Crippen LogP) is 2.38. The van der Waals surface area contributed by atoms with E-state index in [2.05, 4.69) is 31.3 Å². The molecule has 6 bridgehead atoms. The molecule has 3 aromatic carbocycles. The van der Waals surface area contributed by atoms with Crippen LogP contribution < -0.4 is 21.3 Å². The van der Waals surface area contributed by atoms with Gasteiger partial charge in [0.1, 0.15) is 17.2 Å². The standard InChI is InChI=1S/C30H38N6O3/c37-28-22-4-1-5-23(28)19-34-15-11-32-13-17-36-21-25-7-3-9-27(30(25)39)26-8-2-6-24(29(26)38)20-35-16-12-31-10-14-33-18-22/h1-9,20-21,31-34,37-39H,10-19H2. The second-order valence-corrected chi connectivity index (χ2v) is 9.34. The fourth-order valence-electron chi connectivity index (χ4n) is 4.36. The Hall–Kier alpha value is -3.76. The van der Waals surface area contributed by atoms with Gasteiger partial charge in [0.2, 0.25) is 0 Å². The highest BCUT2D eigenvalue weighted by molar-refractivity contribution is 5.93. The maximum atomic E-state index is 10.9. The number of hydrogen-bond acceptors (Lipinski definition) is 9. The van der Waals surface area contributed by atoms with Gasteiger partial charge >= 0.3 is 0 Å². The van der Waals surface area contributed by atoms with E-state index >= 15 is 0 Å². The summed E-state index contributed by atoms with van der Waals surface area (Å²) >= 11 is 0. The number of hydrogen-bond donors (Lipinski definition) is 7. The van der Waals surface area contributed by atoms with Gasteiger partial charge in [0, 0.05) is 98.2 Å². The maximum absolute atomic E-state index is 10.9. The van der Waals surface area contributed by atoms with Crippen LogP contribution in [0, 0.1) is 0 Å². The molecule has 206 valence electrons. The molecule has 9 nitrogen and oxygen atoms in total. The minimum absolute atomic E-state index is 0.0743. The first kappa shape index (κ1) is 28.3. The van der Waals surface area contributed by atoms with Gasteiger partial charge in [0.15, 0.2) is 0 Å². The first-order valence-electron chi connectivity index (χ1n) is 13.4. The zero-order valence-electron chi connectivity index (χ0n) is 22.2. The topological polar surface area (TPSA) is 134 Å². The summed E-state index contributed by atoms with van der Waals surface area (Å²) in [5.74, 6) is 0.481. The monoisotopic (exact) mass is 530 g/mol. The smallest absolute Gasteiger partial charge is 0.132 e. The number of phenolic OH excluding ortho intramolecular Hbond substituents is 3. The Kier molecular flexibility index (Phi) is 10.9. The van der Waals surface area contributed by atoms with Crippen molar-refractivity contribution in [3.8, 4) is 28.4 Å². The molecule has 0 fully saturated rings. The third-order valence-electron chi connectivity index (χ3n) is 6.51. The zero-order chi connectivity index (χ0) is 27.3. The Morgan fingerprint density at radius 1 is 0.487 bits per heavy atom. The summed E-state index contributed by atoms with van der Waals surface area (Å²) in [4.78, 5) is 8.90. The van der Waals surface area contributed by atoms with Gasteiger partial charge in [-0.2, -0.15) is 0 Å². The first-order valence-corrected chi connectivity index (χ1v) is 13.4. The highest BCUT2D eigenvalue weighted by atomic mass is 16.3. The number of aromatic hydroxyl groups is 3. The summed E-state index contributed by atoms with van der Waals surface area (Å²) in [5.41, 5.74) is 4.02. The molecule has 0 saturated carbocycles. The van der Waals surface area contributed by atoms with E-state index in [9.17, 15) is 15.3 Å². The van der Waals surface area contributed by atoms with Crippen LogP contribution in [0.25, 0.3) is 11.1 Å². The molecule has 0 atom stereocenters. The van der Waals surface area contributed by atoms with Gasteiger partial charge in [-0.3, -0.25) is 9.98 Å². The van der Waals surface area contributed by atoms with E-state index in [0.29, 0.717) is 67.3 Å². The summed E-state index contributed by atoms with van der Waals surface area (Å²) in [6.07, 6.45) is 3.32. The number of benzene rings is 3. The third-order valence-corrected chi connectivity index (χ3v) is 6.51. The van der Waals surface area contributed by atoms with Crippen molar-refractivity contribution < 1.29 is 15.3 Å². The van der Waals surface area contributed by atoms with Crippen LogP contribution in [0.3, 0.4) is 0 Å². The summed E-state index contributed by atoms with van der Waals surface area (Å²) in [6.45, 7) is 6.75. The Morgan fingerprint density at radius 3 is 1.41 bits per heavy atom. The van der Waals surface area contributed by atoms with Crippen LogP contribution in [0.15, 0.2) is 64.6 Å². The molecule has 7 N–H and O–H groups in total. The average Bonchev–Trinajstić information content (AvgIpc) is 2.94. The molecule has 0 saturated heterocycles. The van der Waals surface area contributed by atoms with Gasteiger partial charge in [-0.05, 0) is 12.1 Å². The lowest BCUT2D eigenvalue weighted by Gasteiger charge is -2.12. The van der Waals surface area contributed by atoms with Gasteiger partial charge in [-0.25, -0.2) is 0 Å². The molecule has 0 amide bonds. The fourth-order valence-corrected chi connectivity index (χ4v) is 4.36. The highest BCUT2D eigenvalue weighted by Crippen LogP contribution is 2.38. The van der Waals surface area contributed by atoms with Crippen molar-refractivity contribution in [2.24, 2.45) is 9.98 Å². The summed E-state index contributed by atoms with van der Waals surface area (Å²) in [5, 5.41) is 45.9. The lowest BCUT2D eigenvalue weighted by molar-refractivity contribution is 0.453. The third kappa shape index (κ3) is 8.11. The van der Waals surface area contributed by atoms with Crippen molar-refractivity contribution >= 4 is 12.4 Å². The lowest BCUT2D eigenvalue weighted by Crippen LogP contribution is -2.29. The molecule has 0 aromatic heterocycles. The van der Waals surface area contributed by atoms with Crippen LogP contribution in [-0.2, 0) is 13.1 Å². The van der Waals surface area contributed by atoms with E-state index < -0.39 is 0 Å². The van der Waals surface area contributed by atoms with Crippen molar-refractivity contribution in [3.63, 3.8) is 0 Å². The van der Waals surface area contributed by atoms with E-state index in [1.807, 2.05) is 30.3 Å². The van der Waals surface area contributed by atoms with Crippen LogP contribution in [0.4, 0.5) is 0 Å². The first-order chi connectivity index (χ1) is 19.1. The average molecular weight is 531 g/mol. The SMILES string of the molecule is Oc1c2cccc1CNCCNCCN=Cc1cccc(c1O)-c1cccc(c1O)C=NCCNCCNC2. The van der Waals surface area contributed by atoms with Crippen molar-refractivity contribution in [3.05, 3.63) is 76.9 Å². The Bertz CT molecular complexity index is 1180. The van der Waals surface area contributed by atoms with Gasteiger partial charge in [-0.15, -0.1) is 0 Å². The molecule has 0 spiro atoms. The van der Waals surface area contributed by atoms with Gasteiger partial charge in [-0.1, -0.05) is 42.5 Å². The fraction of sp³-hybridized carbons (Fsp3) is 0.333.